The van der Waals surface area contributed by atoms with E-state index in [1.807, 2.05) is 60.2 Å². The van der Waals surface area contributed by atoms with Crippen LogP contribution in [0.15, 0.2) is 72.9 Å². The van der Waals surface area contributed by atoms with E-state index < -0.39 is 28.0 Å². The minimum absolute atomic E-state index is 0.0503. The van der Waals surface area contributed by atoms with Crippen LogP contribution in [0.2, 0.25) is 0 Å². The van der Waals surface area contributed by atoms with Gasteiger partial charge in [0.15, 0.2) is 6.10 Å². The molecule has 0 saturated heterocycles. The number of carbonyl (C=O) groups is 3. The van der Waals surface area contributed by atoms with Crippen molar-refractivity contribution < 1.29 is 27.5 Å². The molecule has 1 atom stereocenters. The molecule has 0 saturated carbocycles. The minimum Gasteiger partial charge on any atom is -0.449 e. The molecule has 3 aromatic rings. The number of hydrogen-bond donors (Lipinski definition) is 1. The van der Waals surface area contributed by atoms with E-state index in [1.54, 1.807) is 35.1 Å². The summed E-state index contributed by atoms with van der Waals surface area (Å²) >= 11 is 0. The quantitative estimate of drug-likeness (QED) is 0.361. The molecule has 1 aromatic heterocycles. The number of aromatic nitrogens is 1. The lowest BCUT2D eigenvalue weighted by atomic mass is 10.1. The smallest absolute Gasteiger partial charge is 0.338 e. The molecule has 0 aliphatic rings. The normalized spacial score (nSPS) is 12.3. The van der Waals surface area contributed by atoms with E-state index in [0.29, 0.717) is 17.8 Å². The molecule has 1 heterocycles. The summed E-state index contributed by atoms with van der Waals surface area (Å²) in [6, 6.07) is 17.6. The molecule has 182 valence electrons. The molecule has 0 aliphatic heterocycles. The van der Waals surface area contributed by atoms with E-state index in [1.165, 1.54) is 6.92 Å². The van der Waals surface area contributed by atoms with Gasteiger partial charge in [-0.25, -0.2) is 13.2 Å². The Labute approximate surface area is 204 Å². The zero-order valence-electron chi connectivity index (χ0n) is 19.6. The van der Waals surface area contributed by atoms with Gasteiger partial charge in [-0.2, -0.15) is 0 Å². The molecule has 0 radical (unpaired) electrons. The first-order valence-electron chi connectivity index (χ1n) is 10.8. The first-order chi connectivity index (χ1) is 16.5. The highest BCUT2D eigenvalue weighted by Gasteiger charge is 2.21. The van der Waals surface area contributed by atoms with Crippen LogP contribution in [0.4, 0.5) is 0 Å². The van der Waals surface area contributed by atoms with Crippen molar-refractivity contribution in [3.63, 3.8) is 0 Å². The van der Waals surface area contributed by atoms with Crippen LogP contribution in [-0.4, -0.2) is 43.0 Å². The second-order valence-corrected chi connectivity index (χ2v) is 9.80. The van der Waals surface area contributed by atoms with Crippen molar-refractivity contribution in [2.75, 3.05) is 6.26 Å². The molecule has 0 unspecified atom stereocenters. The van der Waals surface area contributed by atoms with Gasteiger partial charge in [-0.05, 0) is 43.7 Å². The van der Waals surface area contributed by atoms with Gasteiger partial charge in [0.1, 0.15) is 0 Å². The van der Waals surface area contributed by atoms with Crippen molar-refractivity contribution in [1.29, 1.82) is 0 Å². The molecule has 0 bridgehead atoms. The Morgan fingerprint density at radius 1 is 1.00 bits per heavy atom. The van der Waals surface area contributed by atoms with Gasteiger partial charge in [0.2, 0.25) is 15.8 Å². The summed E-state index contributed by atoms with van der Waals surface area (Å²) in [6.45, 7) is 3.74. The summed E-state index contributed by atoms with van der Waals surface area (Å²) in [5.74, 6) is -1.72. The molecular weight excluding hydrogens is 468 g/mol. The number of sulfonamides is 1. The van der Waals surface area contributed by atoms with Crippen molar-refractivity contribution in [3.8, 4) is 0 Å². The van der Waals surface area contributed by atoms with Gasteiger partial charge >= 0.3 is 5.97 Å². The standard InChI is InChI=1S/C26H26N2O6S/c1-18-8-12-21(13-9-18)24(29)23-7-5-17-28(23)16-4-6-20-10-14-22(15-11-20)26(31)34-19(2)25(30)27-35(3,32)33/h4-15,17,19H,16H2,1-3H3,(H,27,30)/b6-4+/t19-/m0/s1. The summed E-state index contributed by atoms with van der Waals surface area (Å²) in [6.07, 6.45) is 5.17. The van der Waals surface area contributed by atoms with Gasteiger partial charge in [0.05, 0.1) is 17.5 Å². The second-order valence-electron chi connectivity index (χ2n) is 8.05. The highest BCUT2D eigenvalue weighted by atomic mass is 32.2. The fourth-order valence-corrected chi connectivity index (χ4v) is 3.74. The Morgan fingerprint density at radius 2 is 1.63 bits per heavy atom. The number of rotatable bonds is 9. The number of benzene rings is 2. The Morgan fingerprint density at radius 3 is 2.26 bits per heavy atom. The van der Waals surface area contributed by atoms with E-state index in [2.05, 4.69) is 0 Å². The van der Waals surface area contributed by atoms with Crippen LogP contribution >= 0.6 is 0 Å². The highest BCUT2D eigenvalue weighted by molar-refractivity contribution is 7.89. The summed E-state index contributed by atoms with van der Waals surface area (Å²) in [5.41, 5.74) is 3.35. The first kappa shape index (κ1) is 25.6. The Hall–Kier alpha value is -3.98. The molecule has 3 rings (SSSR count). The maximum absolute atomic E-state index is 12.8. The largest absolute Gasteiger partial charge is 0.449 e. The van der Waals surface area contributed by atoms with Crippen molar-refractivity contribution in [3.05, 3.63) is 101 Å². The van der Waals surface area contributed by atoms with Gasteiger partial charge in [-0.1, -0.05) is 54.1 Å². The predicted molar refractivity (Wildman–Crippen MR) is 132 cm³/mol. The van der Waals surface area contributed by atoms with Crippen molar-refractivity contribution in [1.82, 2.24) is 9.29 Å². The van der Waals surface area contributed by atoms with Crippen LogP contribution in [0.3, 0.4) is 0 Å². The van der Waals surface area contributed by atoms with E-state index in [0.717, 1.165) is 17.4 Å². The van der Waals surface area contributed by atoms with Gasteiger partial charge in [-0.3, -0.25) is 14.3 Å². The number of aryl methyl sites for hydroxylation is 1. The number of nitrogens with one attached hydrogen (secondary N) is 1. The van der Waals surface area contributed by atoms with Crippen LogP contribution in [-0.2, 0) is 26.1 Å². The zero-order chi connectivity index (χ0) is 25.6. The third-order valence-electron chi connectivity index (χ3n) is 5.07. The topological polar surface area (TPSA) is 112 Å². The van der Waals surface area contributed by atoms with Crippen LogP contribution in [0.1, 0.15) is 44.5 Å². The fraction of sp³-hybridized carbons (Fsp3) is 0.192. The molecule has 8 nitrogen and oxygen atoms in total. The second kappa shape index (κ2) is 11.0. The predicted octanol–water partition coefficient (Wildman–Crippen LogP) is 3.36. The molecule has 2 aromatic carbocycles. The Kier molecular flexibility index (Phi) is 8.03. The van der Waals surface area contributed by atoms with E-state index in [4.69, 9.17) is 4.74 Å². The van der Waals surface area contributed by atoms with Crippen LogP contribution in [0.5, 0.6) is 0 Å². The highest BCUT2D eigenvalue weighted by Crippen LogP contribution is 2.13. The number of amides is 1. The van der Waals surface area contributed by atoms with Crippen LogP contribution in [0.25, 0.3) is 6.08 Å². The fourth-order valence-electron chi connectivity index (χ4n) is 3.21. The van der Waals surface area contributed by atoms with Crippen molar-refractivity contribution in [2.45, 2.75) is 26.5 Å². The minimum atomic E-state index is -3.74. The van der Waals surface area contributed by atoms with E-state index >= 15 is 0 Å². The third kappa shape index (κ3) is 7.25. The number of nitrogens with zero attached hydrogens (tertiary/aromatic N) is 1. The first-order valence-corrected chi connectivity index (χ1v) is 12.7. The maximum atomic E-state index is 12.8. The van der Waals surface area contributed by atoms with Crippen LogP contribution in [0, 0.1) is 6.92 Å². The lowest BCUT2D eigenvalue weighted by Gasteiger charge is -2.12. The molecular formula is C26H26N2O6S. The number of allylic oxidation sites excluding steroid dienone is 1. The third-order valence-corrected chi connectivity index (χ3v) is 5.65. The molecule has 35 heavy (non-hydrogen) atoms. The number of ether oxygens (including phenoxy) is 1. The molecule has 0 spiro atoms. The van der Waals surface area contributed by atoms with Gasteiger partial charge in [-0.15, -0.1) is 0 Å². The number of carbonyl (C=O) groups excluding carboxylic acids is 3. The average molecular weight is 495 g/mol. The lowest BCUT2D eigenvalue weighted by molar-refractivity contribution is -0.127. The van der Waals surface area contributed by atoms with Crippen LogP contribution < -0.4 is 4.72 Å². The summed E-state index contributed by atoms with van der Waals surface area (Å²) < 4.78 is 30.9. The number of ketones is 1. The Balaban J connectivity index is 1.59. The van der Waals surface area contributed by atoms with Crippen molar-refractivity contribution in [2.24, 2.45) is 0 Å². The summed E-state index contributed by atoms with van der Waals surface area (Å²) in [5, 5.41) is 0. The maximum Gasteiger partial charge on any atom is 0.338 e. The Bertz CT molecular complexity index is 1350. The zero-order valence-corrected chi connectivity index (χ0v) is 20.4. The lowest BCUT2D eigenvalue weighted by Crippen LogP contribution is -2.38. The van der Waals surface area contributed by atoms with Crippen molar-refractivity contribution >= 4 is 33.8 Å². The molecule has 1 amide bonds. The SMILES string of the molecule is Cc1ccc(C(=O)c2cccn2C/C=C/c2ccc(C(=O)O[C@@H](C)C(=O)NS(C)(=O)=O)cc2)cc1. The van der Waals surface area contributed by atoms with Gasteiger partial charge in [0.25, 0.3) is 5.91 Å². The monoisotopic (exact) mass is 494 g/mol. The number of esters is 1. The van der Waals surface area contributed by atoms with Gasteiger partial charge in [0, 0.05) is 18.3 Å². The average Bonchev–Trinajstić information content (AvgIpc) is 3.27. The summed E-state index contributed by atoms with van der Waals surface area (Å²) in [7, 11) is -3.74. The number of hydrogen-bond acceptors (Lipinski definition) is 6. The van der Waals surface area contributed by atoms with Gasteiger partial charge < -0.3 is 9.30 Å². The molecule has 0 fully saturated rings. The molecule has 0 aliphatic carbocycles. The van der Waals surface area contributed by atoms with E-state index in [-0.39, 0.29) is 11.3 Å². The van der Waals surface area contributed by atoms with E-state index in [9.17, 15) is 22.8 Å². The molecule has 1 N–H and O–H groups in total. The molecule has 9 heteroatoms. The summed E-state index contributed by atoms with van der Waals surface area (Å²) in [4.78, 5) is 36.8.